The van der Waals surface area contributed by atoms with E-state index in [-0.39, 0.29) is 5.91 Å². The van der Waals surface area contributed by atoms with Gasteiger partial charge in [0.1, 0.15) is 0 Å². The van der Waals surface area contributed by atoms with Gasteiger partial charge < -0.3 is 9.42 Å². The van der Waals surface area contributed by atoms with Crippen LogP contribution < -0.4 is 0 Å². The van der Waals surface area contributed by atoms with Gasteiger partial charge in [-0.1, -0.05) is 48.8 Å². The molecule has 2 atom stereocenters. The first kappa shape index (κ1) is 15.8. The van der Waals surface area contributed by atoms with E-state index in [9.17, 15) is 4.79 Å². The number of amides is 1. The van der Waals surface area contributed by atoms with Crippen molar-refractivity contribution >= 4 is 5.91 Å². The largest absolute Gasteiger partial charge is 0.356 e. The fraction of sp³-hybridized carbons (Fsp3) is 0.474. The number of carbonyl (C=O) groups is 1. The van der Waals surface area contributed by atoms with Crippen molar-refractivity contribution in [3.63, 3.8) is 0 Å². The quantitative estimate of drug-likeness (QED) is 0.868. The van der Waals surface area contributed by atoms with Gasteiger partial charge in [-0.25, -0.2) is 0 Å². The van der Waals surface area contributed by atoms with Crippen molar-refractivity contribution in [1.29, 1.82) is 0 Å². The third-order valence-electron chi connectivity index (χ3n) is 4.45. The van der Waals surface area contributed by atoms with Crippen molar-refractivity contribution in [2.75, 3.05) is 13.1 Å². The first-order valence-corrected chi connectivity index (χ1v) is 8.31. The van der Waals surface area contributed by atoms with Gasteiger partial charge in [0.05, 0.1) is 12.1 Å². The van der Waals surface area contributed by atoms with E-state index in [1.165, 1.54) is 12.0 Å². The Morgan fingerprint density at radius 1 is 1.22 bits per heavy atom. The molecule has 0 saturated carbocycles. The predicted octanol–water partition coefficient (Wildman–Crippen LogP) is 3.70. The Kier molecular flexibility index (Phi) is 4.51. The molecule has 0 aliphatic carbocycles. The lowest BCUT2D eigenvalue weighted by Crippen LogP contribution is -2.43. The van der Waals surface area contributed by atoms with E-state index in [4.69, 9.17) is 4.52 Å². The fourth-order valence-corrected chi connectivity index (χ4v) is 3.38. The lowest BCUT2D eigenvalue weighted by Gasteiger charge is -2.34. The molecule has 1 aliphatic rings. The Morgan fingerprint density at radius 3 is 2.52 bits per heavy atom. The molecule has 2 unspecified atom stereocenters. The van der Waals surface area contributed by atoms with Crippen LogP contribution in [-0.4, -0.2) is 29.1 Å². The molecule has 0 N–H and O–H groups in total. The molecule has 1 aromatic carbocycles. The Balaban J connectivity index is 1.66. The monoisotopic (exact) mass is 312 g/mol. The third-order valence-corrected chi connectivity index (χ3v) is 4.45. The van der Waals surface area contributed by atoms with E-state index < -0.39 is 0 Å². The zero-order valence-electron chi connectivity index (χ0n) is 14.1. The molecule has 23 heavy (non-hydrogen) atoms. The number of carbonyl (C=O) groups excluding carboxylic acids is 1. The highest BCUT2D eigenvalue weighted by atomic mass is 16.5. The summed E-state index contributed by atoms with van der Waals surface area (Å²) in [7, 11) is 0. The van der Waals surface area contributed by atoms with E-state index >= 15 is 0 Å². The zero-order chi connectivity index (χ0) is 16.4. The molecule has 1 aliphatic heterocycles. The first-order valence-electron chi connectivity index (χ1n) is 8.31. The van der Waals surface area contributed by atoms with E-state index in [1.54, 1.807) is 0 Å². The predicted molar refractivity (Wildman–Crippen MR) is 89.9 cm³/mol. The summed E-state index contributed by atoms with van der Waals surface area (Å²) in [6, 6.07) is 9.97. The van der Waals surface area contributed by atoms with Gasteiger partial charge in [-0.2, -0.15) is 0 Å². The van der Waals surface area contributed by atoms with E-state index in [1.807, 2.05) is 35.2 Å². The highest BCUT2D eigenvalue weighted by molar-refractivity contribution is 5.78. The molecule has 1 saturated heterocycles. The lowest BCUT2D eigenvalue weighted by molar-refractivity contribution is -0.133. The number of aryl methyl sites for hydroxylation is 1. The highest BCUT2D eigenvalue weighted by Gasteiger charge is 2.26. The number of aromatic nitrogens is 1. The molecular formula is C19H24N2O2. The minimum atomic E-state index is 0.146. The summed E-state index contributed by atoms with van der Waals surface area (Å²) in [4.78, 5) is 14.5. The number of likely N-dealkylation sites (tertiary alicyclic amines) is 1. The van der Waals surface area contributed by atoms with Crippen LogP contribution >= 0.6 is 0 Å². The van der Waals surface area contributed by atoms with Gasteiger partial charge in [-0.15, -0.1) is 0 Å². The highest BCUT2D eigenvalue weighted by Crippen LogP contribution is 2.23. The first-order chi connectivity index (χ1) is 11.0. The Labute approximate surface area is 137 Å². The van der Waals surface area contributed by atoms with Crippen molar-refractivity contribution in [3.05, 3.63) is 41.6 Å². The molecule has 4 nitrogen and oxygen atoms in total. The van der Waals surface area contributed by atoms with Crippen LogP contribution in [0.2, 0.25) is 0 Å². The van der Waals surface area contributed by atoms with Gasteiger partial charge in [-0.3, -0.25) is 4.79 Å². The smallest absolute Gasteiger partial charge is 0.228 e. The second-order valence-electron chi connectivity index (χ2n) is 6.97. The summed E-state index contributed by atoms with van der Waals surface area (Å²) in [5.41, 5.74) is 2.90. The number of nitrogens with zero attached hydrogens (tertiary/aromatic N) is 2. The molecule has 1 fully saturated rings. The topological polar surface area (TPSA) is 46.3 Å². The average Bonchev–Trinajstić information content (AvgIpc) is 2.95. The molecule has 1 amide bonds. The summed E-state index contributed by atoms with van der Waals surface area (Å²) < 4.78 is 5.40. The maximum Gasteiger partial charge on any atom is 0.228 e. The molecule has 1 aromatic heterocycles. The van der Waals surface area contributed by atoms with Crippen LogP contribution in [0.15, 0.2) is 34.9 Å². The van der Waals surface area contributed by atoms with Gasteiger partial charge in [-0.05, 0) is 25.2 Å². The molecule has 2 heterocycles. The minimum Gasteiger partial charge on any atom is -0.356 e. The van der Waals surface area contributed by atoms with Gasteiger partial charge in [0.15, 0.2) is 5.76 Å². The summed E-state index contributed by atoms with van der Waals surface area (Å²) in [5.74, 6) is 2.01. The molecule has 0 bridgehead atoms. The van der Waals surface area contributed by atoms with Gasteiger partial charge in [0.2, 0.25) is 5.91 Å². The maximum absolute atomic E-state index is 12.5. The van der Waals surface area contributed by atoms with Crippen LogP contribution in [0.1, 0.15) is 31.5 Å². The van der Waals surface area contributed by atoms with Gasteiger partial charge in [0.25, 0.3) is 0 Å². The van der Waals surface area contributed by atoms with Gasteiger partial charge in [0, 0.05) is 24.7 Å². The summed E-state index contributed by atoms with van der Waals surface area (Å²) in [6.45, 7) is 8.18. The number of benzene rings is 1. The summed E-state index contributed by atoms with van der Waals surface area (Å²) >= 11 is 0. The summed E-state index contributed by atoms with van der Waals surface area (Å²) in [6.07, 6.45) is 1.51. The van der Waals surface area contributed by atoms with Gasteiger partial charge >= 0.3 is 0 Å². The Hall–Kier alpha value is -2.10. The second kappa shape index (κ2) is 6.57. The van der Waals surface area contributed by atoms with Crippen molar-refractivity contribution in [1.82, 2.24) is 10.1 Å². The molecule has 4 heteroatoms. The van der Waals surface area contributed by atoms with Crippen LogP contribution in [0.3, 0.4) is 0 Å². The zero-order valence-corrected chi connectivity index (χ0v) is 14.1. The molecular weight excluding hydrogens is 288 g/mol. The van der Waals surface area contributed by atoms with Crippen molar-refractivity contribution in [2.24, 2.45) is 11.8 Å². The molecule has 3 rings (SSSR count). The number of hydrogen-bond acceptors (Lipinski definition) is 3. The number of rotatable bonds is 3. The van der Waals surface area contributed by atoms with E-state index in [0.717, 1.165) is 18.7 Å². The average molecular weight is 312 g/mol. The SMILES string of the molecule is Cc1ccc(-c2cc(CC(=O)N3CC(C)CC(C)C3)no2)cc1. The van der Waals surface area contributed by atoms with Crippen LogP contribution in [0.4, 0.5) is 0 Å². The Morgan fingerprint density at radius 2 is 1.87 bits per heavy atom. The number of hydrogen-bond donors (Lipinski definition) is 0. The van der Waals surface area contributed by atoms with E-state index in [0.29, 0.717) is 29.7 Å². The van der Waals surface area contributed by atoms with Crippen molar-refractivity contribution < 1.29 is 9.32 Å². The van der Waals surface area contributed by atoms with Crippen LogP contribution in [0.25, 0.3) is 11.3 Å². The summed E-state index contributed by atoms with van der Waals surface area (Å²) in [5, 5.41) is 4.07. The normalized spacial score (nSPS) is 21.4. The standard InChI is InChI=1S/C19H24N2O2/c1-13-4-6-16(7-5-13)18-9-17(20-23-18)10-19(22)21-11-14(2)8-15(3)12-21/h4-7,9,14-15H,8,10-12H2,1-3H3. The van der Waals surface area contributed by atoms with Crippen LogP contribution in [-0.2, 0) is 11.2 Å². The second-order valence-corrected chi connectivity index (χ2v) is 6.97. The lowest BCUT2D eigenvalue weighted by atomic mass is 9.91. The van der Waals surface area contributed by atoms with E-state index in [2.05, 4.69) is 25.9 Å². The molecule has 122 valence electrons. The molecule has 0 radical (unpaired) electrons. The number of piperidine rings is 1. The van der Waals surface area contributed by atoms with Crippen molar-refractivity contribution in [3.8, 4) is 11.3 Å². The minimum absolute atomic E-state index is 0.146. The fourth-order valence-electron chi connectivity index (χ4n) is 3.38. The van der Waals surface area contributed by atoms with Crippen LogP contribution in [0, 0.1) is 18.8 Å². The Bertz CT molecular complexity index is 665. The molecule has 2 aromatic rings. The van der Waals surface area contributed by atoms with Crippen LogP contribution in [0.5, 0.6) is 0 Å². The van der Waals surface area contributed by atoms with Crippen molar-refractivity contribution in [2.45, 2.75) is 33.6 Å². The third kappa shape index (κ3) is 3.81. The molecule has 0 spiro atoms. The maximum atomic E-state index is 12.5.